The number of nitrogens with two attached hydrogens (primary N) is 1. The van der Waals surface area contributed by atoms with Gasteiger partial charge in [-0.2, -0.15) is 18.2 Å². The summed E-state index contributed by atoms with van der Waals surface area (Å²) in [6.45, 7) is 3.21. The number of aliphatic imine (C=N–C) groups is 1. The number of fused-ring (bicyclic) bond motifs is 1. The summed E-state index contributed by atoms with van der Waals surface area (Å²) in [6.07, 6.45) is 2.14. The molecule has 0 radical (unpaired) electrons. The predicted molar refractivity (Wildman–Crippen MR) is 100 cm³/mol. The van der Waals surface area contributed by atoms with Crippen LogP contribution in [0, 0.1) is 0 Å². The Hall–Kier alpha value is -3.11. The number of rotatable bonds is 6. The van der Waals surface area contributed by atoms with E-state index in [0.29, 0.717) is 18.0 Å². The number of imidazole rings is 1. The zero-order valence-electron chi connectivity index (χ0n) is 15.5. The van der Waals surface area contributed by atoms with Crippen molar-refractivity contribution in [3.8, 4) is 0 Å². The Morgan fingerprint density at radius 3 is 2.89 bits per heavy atom. The molecule has 2 aromatic heterocycles. The van der Waals surface area contributed by atoms with E-state index in [1.807, 2.05) is 6.20 Å². The van der Waals surface area contributed by atoms with Gasteiger partial charge < -0.3 is 20.9 Å². The fraction of sp³-hybridized carbons (Fsp3) is 0.412. The van der Waals surface area contributed by atoms with Crippen LogP contribution >= 0.6 is 0 Å². The Kier molecular flexibility index (Phi) is 5.52. The minimum atomic E-state index is -4.55. The summed E-state index contributed by atoms with van der Waals surface area (Å²) >= 11 is 0. The summed E-state index contributed by atoms with van der Waals surface area (Å²) in [7, 11) is 1.36. The van der Waals surface area contributed by atoms with Gasteiger partial charge in [-0.25, -0.2) is 9.97 Å². The van der Waals surface area contributed by atoms with E-state index >= 15 is 0 Å². The third kappa shape index (κ3) is 4.07. The van der Waals surface area contributed by atoms with Gasteiger partial charge in [0.2, 0.25) is 5.95 Å². The molecule has 3 rings (SSSR count). The molecule has 0 aromatic carbocycles. The first-order valence-electron chi connectivity index (χ1n) is 8.66. The maximum atomic E-state index is 13.0. The van der Waals surface area contributed by atoms with Gasteiger partial charge in [0, 0.05) is 50.8 Å². The van der Waals surface area contributed by atoms with Gasteiger partial charge in [-0.3, -0.25) is 4.99 Å². The van der Waals surface area contributed by atoms with Crippen LogP contribution < -0.4 is 16.4 Å². The third-order valence-corrected chi connectivity index (χ3v) is 4.51. The maximum Gasteiger partial charge on any atom is 0.421 e. The van der Waals surface area contributed by atoms with Crippen molar-refractivity contribution in [1.29, 1.82) is 0 Å². The summed E-state index contributed by atoms with van der Waals surface area (Å²) in [5.74, 6) is 0.892. The highest BCUT2D eigenvalue weighted by Gasteiger charge is 2.35. The Balaban J connectivity index is 1.72. The Bertz CT molecular complexity index is 900. The first-order chi connectivity index (χ1) is 13.3. The van der Waals surface area contributed by atoms with E-state index in [9.17, 15) is 13.2 Å². The zero-order valence-corrected chi connectivity index (χ0v) is 15.5. The Morgan fingerprint density at radius 1 is 1.43 bits per heavy atom. The lowest BCUT2D eigenvalue weighted by Gasteiger charge is -2.14. The van der Waals surface area contributed by atoms with E-state index < -0.39 is 11.7 Å². The smallest absolute Gasteiger partial charge is 0.403 e. The van der Waals surface area contributed by atoms with E-state index in [4.69, 9.17) is 5.73 Å². The van der Waals surface area contributed by atoms with E-state index in [2.05, 4.69) is 35.1 Å². The first-order valence-corrected chi connectivity index (χ1v) is 8.66. The molecule has 8 nitrogen and oxygen atoms in total. The second-order valence-electron chi connectivity index (χ2n) is 6.30. The minimum Gasteiger partial charge on any atom is -0.403 e. The number of hydrogen-bond donors (Lipinski definition) is 3. The molecule has 0 saturated heterocycles. The van der Waals surface area contributed by atoms with Crippen LogP contribution in [0.25, 0.3) is 0 Å². The lowest BCUT2D eigenvalue weighted by molar-refractivity contribution is -0.137. The van der Waals surface area contributed by atoms with E-state index in [1.165, 1.54) is 13.2 Å². The molecule has 0 fully saturated rings. The average molecular weight is 394 g/mol. The van der Waals surface area contributed by atoms with Crippen LogP contribution in [-0.4, -0.2) is 38.8 Å². The van der Waals surface area contributed by atoms with Crippen molar-refractivity contribution in [3.63, 3.8) is 0 Å². The van der Waals surface area contributed by atoms with Crippen LogP contribution in [0.3, 0.4) is 0 Å². The van der Waals surface area contributed by atoms with Crippen molar-refractivity contribution >= 4 is 17.5 Å². The Morgan fingerprint density at radius 2 is 2.21 bits per heavy atom. The van der Waals surface area contributed by atoms with Crippen LogP contribution in [0.2, 0.25) is 0 Å². The van der Waals surface area contributed by atoms with E-state index in [1.54, 1.807) is 13.1 Å². The molecule has 3 heterocycles. The van der Waals surface area contributed by atoms with Crippen molar-refractivity contribution in [3.05, 3.63) is 41.9 Å². The molecule has 0 aliphatic carbocycles. The van der Waals surface area contributed by atoms with Crippen molar-refractivity contribution in [2.45, 2.75) is 32.0 Å². The molecule has 4 N–H and O–H groups in total. The Labute approximate surface area is 159 Å². The quantitative estimate of drug-likeness (QED) is 0.651. The van der Waals surface area contributed by atoms with Gasteiger partial charge in [-0.15, -0.1) is 0 Å². The van der Waals surface area contributed by atoms with E-state index in [-0.39, 0.29) is 17.7 Å². The number of allylic oxidation sites excluding steroid dienone is 1. The fourth-order valence-electron chi connectivity index (χ4n) is 3.01. The first kappa shape index (κ1) is 19.6. The highest BCUT2D eigenvalue weighted by Crippen LogP contribution is 2.33. The largest absolute Gasteiger partial charge is 0.421 e. The number of nitrogens with one attached hydrogen (secondary N) is 2. The minimum absolute atomic E-state index is 0.0139. The number of nitrogens with zero attached hydrogens (tertiary/aromatic N) is 5. The molecule has 28 heavy (non-hydrogen) atoms. The molecule has 1 aliphatic rings. The highest BCUT2D eigenvalue weighted by molar-refractivity contribution is 6.00. The summed E-state index contributed by atoms with van der Waals surface area (Å²) in [5.41, 5.74) is 5.74. The van der Waals surface area contributed by atoms with Crippen LogP contribution in [0.1, 0.15) is 30.7 Å². The fourth-order valence-corrected chi connectivity index (χ4v) is 3.01. The summed E-state index contributed by atoms with van der Waals surface area (Å²) in [4.78, 5) is 16.5. The van der Waals surface area contributed by atoms with Crippen LogP contribution in [0.15, 0.2) is 35.5 Å². The monoisotopic (exact) mass is 394 g/mol. The lowest BCUT2D eigenvalue weighted by atomic mass is 10.1. The maximum absolute atomic E-state index is 13.0. The molecule has 1 aliphatic heterocycles. The molecule has 150 valence electrons. The number of hydrogen-bond acceptors (Lipinski definition) is 7. The van der Waals surface area contributed by atoms with Gasteiger partial charge in [-0.1, -0.05) is 0 Å². The molecule has 0 spiro atoms. The number of halogens is 3. The van der Waals surface area contributed by atoms with Gasteiger partial charge >= 0.3 is 6.18 Å². The second-order valence-corrected chi connectivity index (χ2v) is 6.30. The van der Waals surface area contributed by atoms with Crippen molar-refractivity contribution in [2.75, 3.05) is 24.2 Å². The standard InChI is InChI=1S/C17H21F3N8/c1-10(24-8-11-3-5-28-6-4-23-15(11)28)13(7-21)26-16-25-9-12(17(18,19)20)14(22-2)27-16/h4,6-7,9,11H,3,5,8,21H2,1-2H3,(H2,22,25,26,27)/b13-7+,24-10?/t11-/m1/s1. The van der Waals surface area contributed by atoms with Gasteiger partial charge in [0.15, 0.2) is 0 Å². The van der Waals surface area contributed by atoms with Crippen molar-refractivity contribution < 1.29 is 13.2 Å². The summed E-state index contributed by atoms with van der Waals surface area (Å²) < 4.78 is 41.0. The summed E-state index contributed by atoms with van der Waals surface area (Å²) in [6, 6.07) is 0. The molecule has 0 amide bonds. The molecule has 0 bridgehead atoms. The van der Waals surface area contributed by atoms with Crippen molar-refractivity contribution in [1.82, 2.24) is 19.5 Å². The number of aromatic nitrogens is 4. The van der Waals surface area contributed by atoms with Gasteiger partial charge in [0.25, 0.3) is 0 Å². The highest BCUT2D eigenvalue weighted by atomic mass is 19.4. The predicted octanol–water partition coefficient (Wildman–Crippen LogP) is 2.59. The molecule has 11 heteroatoms. The molecule has 2 aromatic rings. The van der Waals surface area contributed by atoms with Gasteiger partial charge in [0.1, 0.15) is 17.2 Å². The number of anilines is 2. The van der Waals surface area contributed by atoms with Gasteiger partial charge in [-0.05, 0) is 13.3 Å². The molecule has 1 atom stereocenters. The zero-order chi connectivity index (χ0) is 20.3. The van der Waals surface area contributed by atoms with Gasteiger partial charge in [0.05, 0.1) is 11.4 Å². The molecular formula is C17H21F3N8. The SMILES string of the molecule is CNc1nc(N/C(=C/N)C(C)=NC[C@H]2CCn3ccnc32)ncc1C(F)(F)F. The van der Waals surface area contributed by atoms with Crippen LogP contribution in [0.5, 0.6) is 0 Å². The number of aryl methyl sites for hydroxylation is 1. The summed E-state index contributed by atoms with van der Waals surface area (Å²) in [5, 5.41) is 5.26. The third-order valence-electron chi connectivity index (χ3n) is 4.51. The second kappa shape index (κ2) is 7.87. The van der Waals surface area contributed by atoms with E-state index in [0.717, 1.165) is 25.0 Å². The normalized spacial score (nSPS) is 17.5. The molecular weight excluding hydrogens is 373 g/mol. The van der Waals surface area contributed by atoms with Crippen LogP contribution in [-0.2, 0) is 12.7 Å². The van der Waals surface area contributed by atoms with Crippen LogP contribution in [0.4, 0.5) is 24.9 Å². The topological polar surface area (TPSA) is 106 Å². The molecule has 0 unspecified atom stereocenters. The molecule has 0 saturated carbocycles. The van der Waals surface area contributed by atoms with Crippen molar-refractivity contribution in [2.24, 2.45) is 10.7 Å². The lowest BCUT2D eigenvalue weighted by Crippen LogP contribution is -2.16. The number of alkyl halides is 3. The average Bonchev–Trinajstić information content (AvgIpc) is 3.27.